The molecule has 10 nitrogen and oxygen atoms in total. The number of nitriles is 1. The van der Waals surface area contributed by atoms with Crippen molar-refractivity contribution in [3.05, 3.63) is 66.4 Å². The Morgan fingerprint density at radius 2 is 1.93 bits per heavy atom. The number of nitrogens with zero attached hydrogens (tertiary/aromatic N) is 7. The molecule has 0 spiro atoms. The predicted octanol–water partition coefficient (Wildman–Crippen LogP) is 3.14. The van der Waals surface area contributed by atoms with E-state index in [0.29, 0.717) is 34.7 Å². The lowest BCUT2D eigenvalue weighted by atomic mass is 9.87. The molecule has 10 heteroatoms. The van der Waals surface area contributed by atoms with Crippen molar-refractivity contribution in [3.8, 4) is 40.5 Å². The van der Waals surface area contributed by atoms with E-state index in [1.807, 2.05) is 30.5 Å². The van der Waals surface area contributed by atoms with Crippen molar-refractivity contribution in [2.75, 3.05) is 38.3 Å². The van der Waals surface area contributed by atoms with Gasteiger partial charge < -0.3 is 19.5 Å². The van der Waals surface area contributed by atoms with Crippen LogP contribution < -0.4 is 14.4 Å². The maximum Gasteiger partial charge on any atom is 0.138 e. The zero-order valence-corrected chi connectivity index (χ0v) is 23.3. The van der Waals surface area contributed by atoms with Gasteiger partial charge in [0, 0.05) is 54.3 Å². The molecule has 4 aromatic heterocycles. The Bertz CT molecular complexity index is 1660. The number of hydrogen-bond acceptors (Lipinski definition) is 9. The van der Waals surface area contributed by atoms with Gasteiger partial charge in [-0.1, -0.05) is 11.8 Å². The van der Waals surface area contributed by atoms with Gasteiger partial charge in [0.05, 0.1) is 48.9 Å². The molecule has 2 bridgehead atoms. The smallest absolute Gasteiger partial charge is 0.138 e. The molecule has 2 atom stereocenters. The monoisotopic (exact) mass is 549 g/mol. The SMILES string of the molecule is COc1cncc(C#CCN2C3CC2CN(c2ccc(-c4cc(OCC(C)(C)O)cn5ncc(C#N)c45)cn2)C3)c1. The van der Waals surface area contributed by atoms with Gasteiger partial charge in [0.25, 0.3) is 0 Å². The quantitative estimate of drug-likeness (QED) is 0.348. The summed E-state index contributed by atoms with van der Waals surface area (Å²) >= 11 is 0. The molecule has 2 unspecified atom stereocenters. The molecule has 1 N–H and O–H groups in total. The highest BCUT2D eigenvalue weighted by molar-refractivity contribution is 5.85. The van der Waals surface area contributed by atoms with Crippen molar-refractivity contribution in [3.63, 3.8) is 0 Å². The van der Waals surface area contributed by atoms with E-state index in [-0.39, 0.29) is 6.61 Å². The Hall–Kier alpha value is -4.64. The molecule has 0 saturated carbocycles. The van der Waals surface area contributed by atoms with E-state index in [2.05, 4.69) is 37.8 Å². The minimum absolute atomic E-state index is 0.125. The summed E-state index contributed by atoms with van der Waals surface area (Å²) in [5.74, 6) is 8.69. The number of anilines is 1. The molecule has 0 radical (unpaired) electrons. The molecule has 41 heavy (non-hydrogen) atoms. The van der Waals surface area contributed by atoms with Crippen LogP contribution in [-0.2, 0) is 0 Å². The molecular formula is C31H31N7O3. The average Bonchev–Trinajstić information content (AvgIpc) is 3.41. The van der Waals surface area contributed by atoms with Gasteiger partial charge in [-0.3, -0.25) is 9.88 Å². The summed E-state index contributed by atoms with van der Waals surface area (Å²) in [7, 11) is 1.63. The van der Waals surface area contributed by atoms with E-state index < -0.39 is 5.60 Å². The largest absolute Gasteiger partial charge is 0.495 e. The number of fused-ring (bicyclic) bond motifs is 3. The topological polar surface area (TPSA) is 112 Å². The van der Waals surface area contributed by atoms with Gasteiger partial charge >= 0.3 is 0 Å². The van der Waals surface area contributed by atoms with E-state index in [9.17, 15) is 10.4 Å². The van der Waals surface area contributed by atoms with Crippen molar-refractivity contribution in [1.29, 1.82) is 5.26 Å². The van der Waals surface area contributed by atoms with E-state index in [4.69, 9.17) is 14.5 Å². The van der Waals surface area contributed by atoms with Crippen molar-refractivity contribution in [2.45, 2.75) is 38.0 Å². The second-order valence-electron chi connectivity index (χ2n) is 11.1. The van der Waals surface area contributed by atoms with Crippen LogP contribution in [0.25, 0.3) is 16.6 Å². The molecule has 7 heterocycles. The van der Waals surface area contributed by atoms with Gasteiger partial charge in [-0.25, -0.2) is 9.50 Å². The Labute approximate surface area is 238 Å². The molecule has 3 fully saturated rings. The number of methoxy groups -OCH3 is 1. The van der Waals surface area contributed by atoms with Crippen LogP contribution in [0.5, 0.6) is 11.5 Å². The highest BCUT2D eigenvalue weighted by Gasteiger charge is 2.44. The maximum atomic E-state index is 10.1. The number of piperidine rings is 1. The molecular weight excluding hydrogens is 518 g/mol. The molecule has 7 rings (SSSR count). The summed E-state index contributed by atoms with van der Waals surface area (Å²) < 4.78 is 12.7. The summed E-state index contributed by atoms with van der Waals surface area (Å²) in [5, 5.41) is 24.1. The number of pyridine rings is 3. The van der Waals surface area contributed by atoms with Crippen LogP contribution in [0.3, 0.4) is 0 Å². The van der Waals surface area contributed by atoms with Gasteiger partial charge in [0.2, 0.25) is 0 Å². The molecule has 3 saturated heterocycles. The van der Waals surface area contributed by atoms with E-state index in [1.54, 1.807) is 50.3 Å². The fourth-order valence-electron chi connectivity index (χ4n) is 5.43. The maximum absolute atomic E-state index is 10.1. The highest BCUT2D eigenvalue weighted by Crippen LogP contribution is 2.35. The summed E-state index contributed by atoms with van der Waals surface area (Å²) in [5.41, 5.74) is 2.69. The number of rotatable bonds is 7. The van der Waals surface area contributed by atoms with Crippen LogP contribution in [0, 0.1) is 23.2 Å². The second kappa shape index (κ2) is 10.7. The van der Waals surface area contributed by atoms with Gasteiger partial charge in [0.15, 0.2) is 0 Å². The summed E-state index contributed by atoms with van der Waals surface area (Å²) in [6.07, 6.45) is 9.70. The fraction of sp³-hybridized carbons (Fsp3) is 0.355. The summed E-state index contributed by atoms with van der Waals surface area (Å²) in [6, 6.07) is 10.9. The number of aliphatic hydroxyl groups is 1. The third-order valence-corrected chi connectivity index (χ3v) is 7.47. The van der Waals surface area contributed by atoms with Crippen molar-refractivity contribution < 1.29 is 14.6 Å². The predicted molar refractivity (Wildman–Crippen MR) is 154 cm³/mol. The lowest BCUT2D eigenvalue weighted by Gasteiger charge is -2.56. The summed E-state index contributed by atoms with van der Waals surface area (Å²) in [6.45, 7) is 6.02. The lowest BCUT2D eigenvalue weighted by molar-refractivity contribution is 0.0125. The number of aromatic nitrogens is 4. The second-order valence-corrected chi connectivity index (χ2v) is 11.1. The first-order valence-corrected chi connectivity index (χ1v) is 13.5. The standard InChI is InChI=1S/C31H31N7O3/c1-31(2,39)20-41-27-11-28(30-23(12-32)15-35-38(30)19-27)22-6-7-29(34-14-22)36-17-24-10-25(18-36)37(24)8-4-5-21-9-26(40-3)16-33-13-21/h6-7,9,11,13-16,19,24-25,39H,8,10,17-18,20H2,1-3H3. The molecule has 4 aromatic rings. The molecule has 0 aromatic carbocycles. The highest BCUT2D eigenvalue weighted by atomic mass is 16.5. The Kier molecular flexibility index (Phi) is 6.96. The third kappa shape index (κ3) is 5.53. The first-order chi connectivity index (χ1) is 19.8. The zero-order chi connectivity index (χ0) is 28.6. The van der Waals surface area contributed by atoms with Gasteiger partial charge in [-0.15, -0.1) is 0 Å². The Balaban J connectivity index is 1.16. The molecule has 0 aliphatic carbocycles. The lowest BCUT2D eigenvalue weighted by Crippen LogP contribution is -2.68. The Morgan fingerprint density at radius 3 is 2.63 bits per heavy atom. The third-order valence-electron chi connectivity index (χ3n) is 7.47. The summed E-state index contributed by atoms with van der Waals surface area (Å²) in [4.78, 5) is 13.8. The number of ether oxygens (including phenoxy) is 2. The van der Waals surface area contributed by atoms with Crippen LogP contribution >= 0.6 is 0 Å². The van der Waals surface area contributed by atoms with Crippen molar-refractivity contribution in [1.82, 2.24) is 24.5 Å². The molecule has 3 aliphatic heterocycles. The molecule has 3 aliphatic rings. The minimum atomic E-state index is -0.981. The first kappa shape index (κ1) is 26.6. The number of piperazine rings is 1. The first-order valence-electron chi connectivity index (χ1n) is 13.5. The van der Waals surface area contributed by atoms with Crippen LogP contribution in [0.1, 0.15) is 31.4 Å². The Morgan fingerprint density at radius 1 is 1.10 bits per heavy atom. The van der Waals surface area contributed by atoms with Gasteiger partial charge in [-0.2, -0.15) is 10.4 Å². The average molecular weight is 550 g/mol. The van der Waals surface area contributed by atoms with E-state index in [1.165, 1.54) is 6.42 Å². The zero-order valence-electron chi connectivity index (χ0n) is 23.3. The fourth-order valence-corrected chi connectivity index (χ4v) is 5.43. The van der Waals surface area contributed by atoms with Crippen LogP contribution in [0.2, 0.25) is 0 Å². The van der Waals surface area contributed by atoms with Crippen molar-refractivity contribution in [2.24, 2.45) is 0 Å². The van der Waals surface area contributed by atoms with Crippen LogP contribution in [0.15, 0.2) is 55.2 Å². The minimum Gasteiger partial charge on any atom is -0.495 e. The molecule has 208 valence electrons. The number of hydrogen-bond donors (Lipinski definition) is 1. The van der Waals surface area contributed by atoms with Crippen LogP contribution in [0.4, 0.5) is 5.82 Å². The van der Waals surface area contributed by atoms with Gasteiger partial charge in [-0.05, 0) is 44.5 Å². The molecule has 0 amide bonds. The van der Waals surface area contributed by atoms with Crippen LogP contribution in [-0.4, -0.2) is 80.6 Å². The normalized spacial score (nSPS) is 18.3. The van der Waals surface area contributed by atoms with Gasteiger partial charge in [0.1, 0.15) is 30.0 Å². The van der Waals surface area contributed by atoms with E-state index >= 15 is 0 Å². The van der Waals surface area contributed by atoms with E-state index in [0.717, 1.165) is 42.1 Å². The van der Waals surface area contributed by atoms with Crippen molar-refractivity contribution >= 4 is 11.3 Å².